The van der Waals surface area contributed by atoms with Gasteiger partial charge in [0.25, 0.3) is 0 Å². The first-order valence-electron chi connectivity index (χ1n) is 9.05. The van der Waals surface area contributed by atoms with Crippen LogP contribution in [0.4, 0.5) is 0 Å². The van der Waals surface area contributed by atoms with Gasteiger partial charge in [0, 0.05) is 13.1 Å². The summed E-state index contributed by atoms with van der Waals surface area (Å²) in [5.41, 5.74) is 0. The molecule has 0 amide bonds. The van der Waals surface area contributed by atoms with Gasteiger partial charge < -0.3 is 19.3 Å². The molecule has 1 N–H and O–H groups in total. The van der Waals surface area contributed by atoms with E-state index in [1.165, 1.54) is 0 Å². The van der Waals surface area contributed by atoms with Crippen molar-refractivity contribution in [2.24, 2.45) is 5.92 Å². The van der Waals surface area contributed by atoms with E-state index < -0.39 is 6.10 Å². The Morgan fingerprint density at radius 3 is 2.52 bits per heavy atom. The van der Waals surface area contributed by atoms with Crippen molar-refractivity contribution in [3.8, 4) is 11.5 Å². The lowest BCUT2D eigenvalue weighted by atomic mass is 9.98. The van der Waals surface area contributed by atoms with Crippen LogP contribution in [-0.2, 0) is 9.53 Å². The average Bonchev–Trinajstić information content (AvgIpc) is 2.62. The monoisotopic (exact) mass is 351 g/mol. The maximum atomic E-state index is 11.9. The number of esters is 1. The van der Waals surface area contributed by atoms with Gasteiger partial charge in [-0.05, 0) is 57.5 Å². The average molecular weight is 351 g/mol. The molecule has 0 aliphatic carbocycles. The van der Waals surface area contributed by atoms with Crippen LogP contribution in [0.1, 0.15) is 26.7 Å². The Labute approximate surface area is 149 Å². The van der Waals surface area contributed by atoms with Crippen LogP contribution in [0, 0.1) is 5.92 Å². The smallest absolute Gasteiger partial charge is 0.310 e. The Bertz CT molecular complexity index is 519. The molecule has 140 valence electrons. The number of ether oxygens (including phenoxy) is 3. The summed E-state index contributed by atoms with van der Waals surface area (Å²) in [6.45, 7) is 7.03. The van der Waals surface area contributed by atoms with Crippen molar-refractivity contribution >= 4 is 5.97 Å². The summed E-state index contributed by atoms with van der Waals surface area (Å²) in [4.78, 5) is 14.0. The Morgan fingerprint density at radius 1 is 1.20 bits per heavy atom. The molecule has 6 nitrogen and oxygen atoms in total. The highest BCUT2D eigenvalue weighted by Gasteiger charge is 2.27. The fourth-order valence-corrected chi connectivity index (χ4v) is 3.02. The third-order valence-electron chi connectivity index (χ3n) is 4.17. The van der Waals surface area contributed by atoms with E-state index in [4.69, 9.17) is 14.2 Å². The van der Waals surface area contributed by atoms with Gasteiger partial charge in [0.15, 0.2) is 0 Å². The summed E-state index contributed by atoms with van der Waals surface area (Å²) in [7, 11) is 0. The number of aliphatic hydroxyl groups excluding tert-OH is 1. The summed E-state index contributed by atoms with van der Waals surface area (Å²) in [5.74, 6) is 1.28. The maximum Gasteiger partial charge on any atom is 0.310 e. The predicted octanol–water partition coefficient (Wildman–Crippen LogP) is 2.10. The van der Waals surface area contributed by atoms with Crippen molar-refractivity contribution < 1.29 is 24.1 Å². The number of carbonyl (C=O) groups is 1. The summed E-state index contributed by atoms with van der Waals surface area (Å²) in [5, 5.41) is 10.2. The van der Waals surface area contributed by atoms with Crippen LogP contribution in [0.15, 0.2) is 24.3 Å². The second kappa shape index (κ2) is 10.3. The van der Waals surface area contributed by atoms with Crippen LogP contribution >= 0.6 is 0 Å². The van der Waals surface area contributed by atoms with E-state index in [1.54, 1.807) is 0 Å². The molecule has 0 unspecified atom stereocenters. The van der Waals surface area contributed by atoms with Gasteiger partial charge in [-0.25, -0.2) is 0 Å². The Balaban J connectivity index is 1.73. The van der Waals surface area contributed by atoms with E-state index in [1.807, 2.05) is 38.1 Å². The van der Waals surface area contributed by atoms with Gasteiger partial charge in [-0.15, -0.1) is 0 Å². The van der Waals surface area contributed by atoms with Crippen LogP contribution in [-0.4, -0.2) is 61.5 Å². The fourth-order valence-electron chi connectivity index (χ4n) is 3.02. The highest BCUT2D eigenvalue weighted by Crippen LogP contribution is 2.19. The molecular formula is C19H29NO5. The largest absolute Gasteiger partial charge is 0.494 e. The van der Waals surface area contributed by atoms with Gasteiger partial charge in [0.05, 0.1) is 19.1 Å². The molecule has 1 aromatic rings. The van der Waals surface area contributed by atoms with E-state index in [0.717, 1.165) is 25.1 Å². The first kappa shape index (κ1) is 19.5. The first-order valence-corrected chi connectivity index (χ1v) is 9.05. The van der Waals surface area contributed by atoms with E-state index in [9.17, 15) is 9.90 Å². The molecular weight excluding hydrogens is 322 g/mol. The van der Waals surface area contributed by atoms with Gasteiger partial charge in [-0.2, -0.15) is 0 Å². The highest BCUT2D eigenvalue weighted by atomic mass is 16.5. The van der Waals surface area contributed by atoms with Crippen LogP contribution in [0.25, 0.3) is 0 Å². The minimum Gasteiger partial charge on any atom is -0.494 e. The normalized spacial score (nSPS) is 19.2. The zero-order valence-electron chi connectivity index (χ0n) is 15.1. The van der Waals surface area contributed by atoms with Crippen molar-refractivity contribution in [2.45, 2.75) is 32.8 Å². The van der Waals surface area contributed by atoms with Gasteiger partial charge in [-0.3, -0.25) is 9.69 Å². The molecule has 0 bridgehead atoms. The summed E-state index contributed by atoms with van der Waals surface area (Å²) in [6, 6.07) is 7.35. The predicted molar refractivity (Wildman–Crippen MR) is 94.9 cm³/mol. The second-order valence-electron chi connectivity index (χ2n) is 6.22. The molecule has 1 fully saturated rings. The topological polar surface area (TPSA) is 68.2 Å². The van der Waals surface area contributed by atoms with Crippen molar-refractivity contribution in [3.05, 3.63) is 24.3 Å². The Kier molecular flexibility index (Phi) is 8.01. The van der Waals surface area contributed by atoms with Gasteiger partial charge >= 0.3 is 5.97 Å². The number of aliphatic hydroxyl groups is 1. The number of carbonyl (C=O) groups excluding carboxylic acids is 1. The van der Waals surface area contributed by atoms with E-state index >= 15 is 0 Å². The summed E-state index contributed by atoms with van der Waals surface area (Å²) >= 11 is 0. The SMILES string of the molecule is CCOC(=O)[C@H]1CCCN(C[C@H](O)COc2ccc(OCC)cc2)C1. The molecule has 1 aliphatic heterocycles. The number of β-amino-alcohol motifs (C(OH)–C–C–N with tert-alkyl or cyclic N) is 1. The molecule has 1 saturated heterocycles. The number of nitrogens with zero attached hydrogens (tertiary/aromatic N) is 1. The molecule has 0 saturated carbocycles. The first-order chi connectivity index (χ1) is 12.1. The zero-order chi connectivity index (χ0) is 18.1. The van der Waals surface area contributed by atoms with E-state index in [-0.39, 0.29) is 18.5 Å². The molecule has 0 spiro atoms. The molecule has 25 heavy (non-hydrogen) atoms. The molecule has 1 aliphatic rings. The van der Waals surface area contributed by atoms with Crippen molar-refractivity contribution in [1.82, 2.24) is 4.90 Å². The van der Waals surface area contributed by atoms with Crippen molar-refractivity contribution in [2.75, 3.05) is 39.5 Å². The zero-order valence-corrected chi connectivity index (χ0v) is 15.1. The van der Waals surface area contributed by atoms with Crippen molar-refractivity contribution in [1.29, 1.82) is 0 Å². The summed E-state index contributed by atoms with van der Waals surface area (Å²) in [6.07, 6.45) is 1.19. The third kappa shape index (κ3) is 6.55. The Hall–Kier alpha value is -1.79. The number of rotatable bonds is 9. The van der Waals surface area contributed by atoms with Crippen LogP contribution in [0.2, 0.25) is 0 Å². The van der Waals surface area contributed by atoms with Crippen molar-refractivity contribution in [3.63, 3.8) is 0 Å². The molecule has 1 heterocycles. The number of benzene rings is 1. The fraction of sp³-hybridized carbons (Fsp3) is 0.632. The molecule has 6 heteroatoms. The summed E-state index contributed by atoms with van der Waals surface area (Å²) < 4.78 is 16.1. The van der Waals surface area contributed by atoms with Crippen LogP contribution in [0.3, 0.4) is 0 Å². The lowest BCUT2D eigenvalue weighted by Gasteiger charge is -2.32. The van der Waals surface area contributed by atoms with Gasteiger partial charge in [0.2, 0.25) is 0 Å². The van der Waals surface area contributed by atoms with Gasteiger partial charge in [-0.1, -0.05) is 0 Å². The molecule has 2 rings (SSSR count). The number of likely N-dealkylation sites (tertiary alicyclic amines) is 1. The lowest BCUT2D eigenvalue weighted by molar-refractivity contribution is -0.150. The quantitative estimate of drug-likeness (QED) is 0.687. The highest BCUT2D eigenvalue weighted by molar-refractivity contribution is 5.72. The lowest BCUT2D eigenvalue weighted by Crippen LogP contribution is -2.44. The maximum absolute atomic E-state index is 11.9. The molecule has 2 atom stereocenters. The number of hydrogen-bond donors (Lipinski definition) is 1. The Morgan fingerprint density at radius 2 is 1.88 bits per heavy atom. The number of piperidine rings is 1. The molecule has 0 aromatic heterocycles. The minimum atomic E-state index is -0.604. The van der Waals surface area contributed by atoms with E-state index in [0.29, 0.717) is 32.1 Å². The second-order valence-corrected chi connectivity index (χ2v) is 6.22. The van der Waals surface area contributed by atoms with Crippen LogP contribution in [0.5, 0.6) is 11.5 Å². The third-order valence-corrected chi connectivity index (χ3v) is 4.17. The molecule has 0 radical (unpaired) electrons. The van der Waals surface area contributed by atoms with Gasteiger partial charge in [0.1, 0.15) is 24.2 Å². The molecule has 1 aromatic carbocycles. The van der Waals surface area contributed by atoms with E-state index in [2.05, 4.69) is 4.90 Å². The number of hydrogen-bond acceptors (Lipinski definition) is 6. The van der Waals surface area contributed by atoms with Crippen LogP contribution < -0.4 is 9.47 Å². The standard InChI is InChI=1S/C19H29NO5/c1-3-23-17-7-9-18(10-8-17)25-14-16(21)13-20-11-5-6-15(12-20)19(22)24-4-2/h7-10,15-16,21H,3-6,11-14H2,1-2H3/t15-,16-/m0/s1. The minimum absolute atomic E-state index is 0.0899.